The largest absolute Gasteiger partial charge is 0.448 e. The smallest absolute Gasteiger partial charge is 0.273 e. The molecular weight excluding hydrogens is 254 g/mol. The molecule has 2 unspecified atom stereocenters. The molecule has 1 saturated carbocycles. The summed E-state index contributed by atoms with van der Waals surface area (Å²) in [5.41, 5.74) is 6.11. The SMILES string of the molecule is Cc1ocnc1C(=O)NC1CCCCC1CN.Cl. The number of rotatable bonds is 3. The highest BCUT2D eigenvalue weighted by molar-refractivity contribution is 5.93. The Labute approximate surface area is 113 Å². The number of carbonyl (C=O) groups excluding carboxylic acids is 1. The van der Waals surface area contributed by atoms with Gasteiger partial charge in [0.1, 0.15) is 5.76 Å². The third kappa shape index (κ3) is 3.23. The van der Waals surface area contributed by atoms with Gasteiger partial charge in [0.15, 0.2) is 12.1 Å². The maximum Gasteiger partial charge on any atom is 0.273 e. The van der Waals surface area contributed by atoms with Gasteiger partial charge in [-0.3, -0.25) is 4.79 Å². The maximum atomic E-state index is 12.0. The number of nitrogens with two attached hydrogens (primary N) is 1. The van der Waals surface area contributed by atoms with Crippen LogP contribution in [0.2, 0.25) is 0 Å². The number of nitrogens with one attached hydrogen (secondary N) is 1. The second kappa shape index (κ2) is 6.75. The van der Waals surface area contributed by atoms with Gasteiger partial charge in [0.2, 0.25) is 0 Å². The van der Waals surface area contributed by atoms with Crippen LogP contribution in [-0.2, 0) is 0 Å². The summed E-state index contributed by atoms with van der Waals surface area (Å²) >= 11 is 0. The molecule has 0 aromatic carbocycles. The van der Waals surface area contributed by atoms with E-state index in [4.69, 9.17) is 10.2 Å². The zero-order valence-corrected chi connectivity index (χ0v) is 11.3. The van der Waals surface area contributed by atoms with Crippen LogP contribution in [0.3, 0.4) is 0 Å². The van der Waals surface area contributed by atoms with Crippen molar-refractivity contribution < 1.29 is 9.21 Å². The highest BCUT2D eigenvalue weighted by Crippen LogP contribution is 2.23. The maximum absolute atomic E-state index is 12.0. The number of hydrogen-bond acceptors (Lipinski definition) is 4. The van der Waals surface area contributed by atoms with Crippen LogP contribution >= 0.6 is 12.4 Å². The predicted molar refractivity (Wildman–Crippen MR) is 70.8 cm³/mol. The van der Waals surface area contributed by atoms with Crippen LogP contribution in [-0.4, -0.2) is 23.5 Å². The first-order chi connectivity index (χ1) is 8.22. The Morgan fingerprint density at radius 2 is 2.28 bits per heavy atom. The van der Waals surface area contributed by atoms with Crippen molar-refractivity contribution in [3.05, 3.63) is 17.8 Å². The van der Waals surface area contributed by atoms with Gasteiger partial charge in [0, 0.05) is 6.04 Å². The second-order valence-electron chi connectivity index (χ2n) is 4.62. The molecule has 0 saturated heterocycles. The van der Waals surface area contributed by atoms with Crippen LogP contribution in [0.4, 0.5) is 0 Å². The van der Waals surface area contributed by atoms with Crippen molar-refractivity contribution >= 4 is 18.3 Å². The van der Waals surface area contributed by atoms with Crippen LogP contribution in [0.1, 0.15) is 41.9 Å². The minimum absolute atomic E-state index is 0. The molecular formula is C12H20ClN3O2. The number of hydrogen-bond donors (Lipinski definition) is 2. The molecule has 1 aliphatic rings. The summed E-state index contributed by atoms with van der Waals surface area (Å²) in [5.74, 6) is 0.795. The van der Waals surface area contributed by atoms with E-state index >= 15 is 0 Å². The Kier molecular flexibility index (Phi) is 5.62. The second-order valence-corrected chi connectivity index (χ2v) is 4.62. The zero-order chi connectivity index (χ0) is 12.3. The Hall–Kier alpha value is -1.07. The number of aryl methyl sites for hydroxylation is 1. The lowest BCUT2D eigenvalue weighted by Crippen LogP contribution is -2.44. The lowest BCUT2D eigenvalue weighted by atomic mass is 9.84. The third-order valence-corrected chi connectivity index (χ3v) is 3.49. The first kappa shape index (κ1) is 15.0. The Bertz CT molecular complexity index is 394. The van der Waals surface area contributed by atoms with Crippen molar-refractivity contribution in [2.24, 2.45) is 11.7 Å². The molecule has 5 nitrogen and oxygen atoms in total. The van der Waals surface area contributed by atoms with Crippen molar-refractivity contribution in [2.45, 2.75) is 38.6 Å². The lowest BCUT2D eigenvalue weighted by molar-refractivity contribution is 0.0902. The fraction of sp³-hybridized carbons (Fsp3) is 0.667. The molecule has 0 aliphatic heterocycles. The number of oxazole rings is 1. The molecule has 102 valence electrons. The van der Waals surface area contributed by atoms with Crippen LogP contribution in [0.5, 0.6) is 0 Å². The van der Waals surface area contributed by atoms with E-state index in [1.54, 1.807) is 6.92 Å². The minimum atomic E-state index is -0.151. The average molecular weight is 274 g/mol. The van der Waals surface area contributed by atoms with Crippen molar-refractivity contribution in [1.82, 2.24) is 10.3 Å². The molecule has 0 radical (unpaired) electrons. The van der Waals surface area contributed by atoms with Crippen LogP contribution < -0.4 is 11.1 Å². The van der Waals surface area contributed by atoms with Crippen molar-refractivity contribution in [1.29, 1.82) is 0 Å². The van der Waals surface area contributed by atoms with E-state index in [9.17, 15) is 4.79 Å². The van der Waals surface area contributed by atoms with Gasteiger partial charge in [0.25, 0.3) is 5.91 Å². The van der Waals surface area contributed by atoms with E-state index in [2.05, 4.69) is 10.3 Å². The van der Waals surface area contributed by atoms with E-state index in [1.807, 2.05) is 0 Å². The van der Waals surface area contributed by atoms with Crippen molar-refractivity contribution in [3.63, 3.8) is 0 Å². The molecule has 1 fully saturated rings. The molecule has 0 spiro atoms. The monoisotopic (exact) mass is 273 g/mol. The summed E-state index contributed by atoms with van der Waals surface area (Å²) < 4.78 is 5.03. The summed E-state index contributed by atoms with van der Waals surface area (Å²) in [6.45, 7) is 2.37. The van der Waals surface area contributed by atoms with E-state index < -0.39 is 0 Å². The molecule has 18 heavy (non-hydrogen) atoms. The molecule has 2 rings (SSSR count). The number of nitrogens with zero attached hydrogens (tertiary/aromatic N) is 1. The number of amides is 1. The number of halogens is 1. The molecule has 1 heterocycles. The van der Waals surface area contributed by atoms with E-state index in [1.165, 1.54) is 12.8 Å². The summed E-state index contributed by atoms with van der Waals surface area (Å²) in [5, 5.41) is 3.02. The Morgan fingerprint density at radius 3 is 2.89 bits per heavy atom. The summed E-state index contributed by atoms with van der Waals surface area (Å²) in [7, 11) is 0. The first-order valence-electron chi connectivity index (χ1n) is 6.13. The Morgan fingerprint density at radius 1 is 1.56 bits per heavy atom. The molecule has 3 N–H and O–H groups in total. The van der Waals surface area contributed by atoms with Crippen LogP contribution in [0, 0.1) is 12.8 Å². The van der Waals surface area contributed by atoms with E-state index in [0.29, 0.717) is 23.9 Å². The summed E-state index contributed by atoms with van der Waals surface area (Å²) in [4.78, 5) is 15.9. The normalized spacial score (nSPS) is 23.2. The van der Waals surface area contributed by atoms with Gasteiger partial charge in [-0.1, -0.05) is 12.8 Å². The standard InChI is InChI=1S/C12H19N3O2.ClH/c1-8-11(14-7-17-8)12(16)15-10-5-3-2-4-9(10)6-13;/h7,9-10H,2-6,13H2,1H3,(H,15,16);1H. The third-order valence-electron chi connectivity index (χ3n) is 3.49. The van der Waals surface area contributed by atoms with Gasteiger partial charge in [-0.25, -0.2) is 4.98 Å². The summed E-state index contributed by atoms with van der Waals surface area (Å²) in [6, 6.07) is 0.178. The first-order valence-corrected chi connectivity index (χ1v) is 6.13. The molecule has 6 heteroatoms. The highest BCUT2D eigenvalue weighted by atomic mass is 35.5. The molecule has 1 aromatic heterocycles. The fourth-order valence-corrected chi connectivity index (χ4v) is 2.44. The average Bonchev–Trinajstić information content (AvgIpc) is 2.76. The topological polar surface area (TPSA) is 81.2 Å². The van der Waals surface area contributed by atoms with Gasteiger partial charge in [-0.15, -0.1) is 12.4 Å². The Balaban J connectivity index is 0.00000162. The van der Waals surface area contributed by atoms with Crippen LogP contribution in [0.15, 0.2) is 10.8 Å². The van der Waals surface area contributed by atoms with Gasteiger partial charge >= 0.3 is 0 Å². The van der Waals surface area contributed by atoms with Gasteiger partial charge in [0.05, 0.1) is 0 Å². The number of aromatic nitrogens is 1. The van der Waals surface area contributed by atoms with E-state index in [0.717, 1.165) is 19.3 Å². The van der Waals surface area contributed by atoms with Gasteiger partial charge in [-0.2, -0.15) is 0 Å². The molecule has 1 aliphatic carbocycles. The fourth-order valence-electron chi connectivity index (χ4n) is 2.44. The molecule has 0 bridgehead atoms. The lowest BCUT2D eigenvalue weighted by Gasteiger charge is -2.31. The van der Waals surface area contributed by atoms with Crippen molar-refractivity contribution in [2.75, 3.05) is 6.54 Å². The van der Waals surface area contributed by atoms with Gasteiger partial charge in [-0.05, 0) is 32.2 Å². The van der Waals surface area contributed by atoms with E-state index in [-0.39, 0.29) is 24.4 Å². The van der Waals surface area contributed by atoms with Crippen molar-refractivity contribution in [3.8, 4) is 0 Å². The van der Waals surface area contributed by atoms with Gasteiger partial charge < -0.3 is 15.5 Å². The quantitative estimate of drug-likeness (QED) is 0.877. The summed E-state index contributed by atoms with van der Waals surface area (Å²) in [6.07, 6.45) is 5.76. The number of carbonyl (C=O) groups is 1. The van der Waals surface area contributed by atoms with Crippen LogP contribution in [0.25, 0.3) is 0 Å². The predicted octanol–water partition coefficient (Wildman–Crippen LogP) is 1.65. The zero-order valence-electron chi connectivity index (χ0n) is 10.5. The highest BCUT2D eigenvalue weighted by Gasteiger charge is 2.26. The molecule has 1 amide bonds. The molecule has 2 atom stereocenters. The molecule has 1 aromatic rings. The minimum Gasteiger partial charge on any atom is -0.448 e.